The molecule has 5 heteroatoms. The summed E-state index contributed by atoms with van der Waals surface area (Å²) < 4.78 is 4.97. The van der Waals surface area contributed by atoms with Crippen molar-refractivity contribution in [2.45, 2.75) is 6.17 Å². The Hall–Kier alpha value is -6.30. The van der Waals surface area contributed by atoms with Gasteiger partial charge in [0.15, 0.2) is 6.17 Å². The van der Waals surface area contributed by atoms with E-state index in [0.717, 1.165) is 39.0 Å². The van der Waals surface area contributed by atoms with E-state index in [9.17, 15) is 0 Å². The van der Waals surface area contributed by atoms with Crippen LogP contribution < -0.4 is 5.73 Å². The summed E-state index contributed by atoms with van der Waals surface area (Å²) in [5.41, 5.74) is 15.3. The molecule has 1 unspecified atom stereocenters. The van der Waals surface area contributed by atoms with Crippen molar-refractivity contribution in [3.8, 4) is 16.8 Å². The normalized spacial score (nSPS) is 12.8. The van der Waals surface area contributed by atoms with Gasteiger partial charge in [0.25, 0.3) is 0 Å². The highest BCUT2D eigenvalue weighted by molar-refractivity contribution is 7.26. The number of benzene rings is 7. The van der Waals surface area contributed by atoms with Crippen LogP contribution in [0.3, 0.4) is 0 Å². The molecular weight excluding hydrogens is 629 g/mol. The van der Waals surface area contributed by atoms with E-state index in [2.05, 4.69) is 114 Å². The van der Waals surface area contributed by atoms with Crippen LogP contribution in [0.2, 0.25) is 0 Å². The van der Waals surface area contributed by atoms with E-state index in [1.54, 1.807) is 0 Å². The number of nitrogens with two attached hydrogens (primary N) is 1. The molecule has 0 saturated carbocycles. The van der Waals surface area contributed by atoms with Gasteiger partial charge in [0.2, 0.25) is 0 Å². The number of amidine groups is 1. The van der Waals surface area contributed by atoms with Crippen LogP contribution in [0.15, 0.2) is 180 Å². The van der Waals surface area contributed by atoms with Gasteiger partial charge in [-0.1, -0.05) is 140 Å². The third-order valence-corrected chi connectivity index (χ3v) is 10.5. The molecule has 0 aliphatic heterocycles. The molecule has 7 aromatic carbocycles. The van der Waals surface area contributed by atoms with Crippen molar-refractivity contribution in [2.75, 3.05) is 0 Å². The SMILES string of the molecule is NC(=NC(N=Cc1ccccc1)c1cccc(-n2c3ccccc3c3ccc4c5ccccc5sc4c32)c1)c1cccc(-c2ccccc2)c1. The van der Waals surface area contributed by atoms with Crippen LogP contribution in [0.5, 0.6) is 0 Å². The molecule has 1 atom stereocenters. The third kappa shape index (κ3) is 5.34. The first kappa shape index (κ1) is 29.8. The van der Waals surface area contributed by atoms with Gasteiger partial charge < -0.3 is 10.3 Å². The number of fused-ring (bicyclic) bond motifs is 7. The van der Waals surface area contributed by atoms with E-state index in [4.69, 9.17) is 15.7 Å². The second-order valence-corrected chi connectivity index (χ2v) is 13.5. The van der Waals surface area contributed by atoms with Gasteiger partial charge in [0.05, 0.1) is 15.7 Å². The van der Waals surface area contributed by atoms with Crippen LogP contribution in [0.25, 0.3) is 58.8 Å². The fraction of sp³-hybridized carbons (Fsp3) is 0.0222. The van der Waals surface area contributed by atoms with Crippen molar-refractivity contribution < 1.29 is 0 Å². The monoisotopic (exact) mass is 660 g/mol. The number of para-hydroxylation sites is 1. The van der Waals surface area contributed by atoms with Gasteiger partial charge in [0.1, 0.15) is 5.84 Å². The quantitative estimate of drug-likeness (QED) is 0.134. The van der Waals surface area contributed by atoms with Gasteiger partial charge in [-0.2, -0.15) is 0 Å². The molecule has 0 spiro atoms. The van der Waals surface area contributed by atoms with Gasteiger partial charge in [-0.05, 0) is 47.0 Å². The lowest BCUT2D eigenvalue weighted by molar-refractivity contribution is 0.780. The summed E-state index contributed by atoms with van der Waals surface area (Å²) in [7, 11) is 0. The summed E-state index contributed by atoms with van der Waals surface area (Å²) in [6, 6.07) is 59.2. The van der Waals surface area contributed by atoms with E-state index < -0.39 is 6.17 Å². The fourth-order valence-corrected chi connectivity index (χ4v) is 8.15. The Morgan fingerprint density at radius 2 is 1.30 bits per heavy atom. The molecule has 2 N–H and O–H groups in total. The van der Waals surface area contributed by atoms with Crippen molar-refractivity contribution in [1.29, 1.82) is 0 Å². The van der Waals surface area contributed by atoms with Gasteiger partial charge in [-0.3, -0.25) is 4.99 Å². The zero-order valence-electron chi connectivity index (χ0n) is 27.1. The Morgan fingerprint density at radius 3 is 2.16 bits per heavy atom. The number of hydrogen-bond donors (Lipinski definition) is 1. The predicted molar refractivity (Wildman–Crippen MR) is 213 cm³/mol. The largest absolute Gasteiger partial charge is 0.383 e. The third-order valence-electron chi connectivity index (χ3n) is 9.30. The first-order chi connectivity index (χ1) is 24.7. The highest BCUT2D eigenvalue weighted by atomic mass is 32.1. The molecule has 2 aromatic heterocycles. The van der Waals surface area contributed by atoms with Crippen LogP contribution >= 0.6 is 11.3 Å². The Labute approximate surface area is 294 Å². The molecule has 2 heterocycles. The zero-order chi connectivity index (χ0) is 33.4. The first-order valence-corrected chi connectivity index (χ1v) is 17.5. The number of aromatic nitrogens is 1. The van der Waals surface area contributed by atoms with Crippen LogP contribution in [0.1, 0.15) is 22.9 Å². The molecule has 0 amide bonds. The number of rotatable bonds is 7. The van der Waals surface area contributed by atoms with Crippen molar-refractivity contribution >= 4 is 65.4 Å². The molecule has 0 aliphatic rings. The van der Waals surface area contributed by atoms with Crippen molar-refractivity contribution in [2.24, 2.45) is 15.7 Å². The predicted octanol–water partition coefficient (Wildman–Crippen LogP) is 11.3. The van der Waals surface area contributed by atoms with Crippen LogP contribution in [0, 0.1) is 0 Å². The van der Waals surface area contributed by atoms with Crippen molar-refractivity contribution in [3.63, 3.8) is 0 Å². The van der Waals surface area contributed by atoms with Crippen LogP contribution in [0.4, 0.5) is 0 Å². The fourth-order valence-electron chi connectivity index (χ4n) is 6.91. The first-order valence-electron chi connectivity index (χ1n) is 16.7. The molecule has 9 rings (SSSR count). The van der Waals surface area contributed by atoms with Crippen LogP contribution in [-0.2, 0) is 0 Å². The molecule has 50 heavy (non-hydrogen) atoms. The number of thiophene rings is 1. The average Bonchev–Trinajstić information content (AvgIpc) is 3.73. The highest BCUT2D eigenvalue weighted by Crippen LogP contribution is 2.43. The van der Waals surface area contributed by atoms with E-state index in [-0.39, 0.29) is 0 Å². The minimum atomic E-state index is -0.562. The van der Waals surface area contributed by atoms with Crippen LogP contribution in [-0.4, -0.2) is 16.6 Å². The van der Waals surface area contributed by atoms with Gasteiger partial charge in [0, 0.05) is 49.3 Å². The summed E-state index contributed by atoms with van der Waals surface area (Å²) in [5.74, 6) is 0.437. The molecule has 0 saturated heterocycles. The molecule has 4 nitrogen and oxygen atoms in total. The number of hydrogen-bond acceptors (Lipinski definition) is 3. The van der Waals surface area contributed by atoms with Crippen molar-refractivity contribution in [1.82, 2.24) is 4.57 Å². The maximum atomic E-state index is 6.80. The second kappa shape index (κ2) is 12.6. The summed E-state index contributed by atoms with van der Waals surface area (Å²) in [5, 5.41) is 5.03. The average molecular weight is 661 g/mol. The summed E-state index contributed by atoms with van der Waals surface area (Å²) in [6.45, 7) is 0. The molecule has 0 aliphatic carbocycles. The molecule has 238 valence electrons. The molecule has 0 fully saturated rings. The molecule has 9 aromatic rings. The topological polar surface area (TPSA) is 55.7 Å². The minimum absolute atomic E-state index is 0.437. The standard InChI is InChI=1S/C45H32N4S/c46-44(33-18-11-17-32(27-33)31-15-5-2-6-16-31)48-45(47-29-30-13-3-1-4-14-30)34-19-12-20-35(28-34)49-40-23-9-7-21-36(40)38-25-26-39-37-22-8-10-24-41(37)50-43(39)42(38)49/h1-29,45H,(H2,46,48). The maximum absolute atomic E-state index is 6.80. The summed E-state index contributed by atoms with van der Waals surface area (Å²) in [4.78, 5) is 10.1. The molecule has 0 bridgehead atoms. The van der Waals surface area contributed by atoms with Gasteiger partial charge in [-0.25, -0.2) is 4.99 Å². The Balaban J connectivity index is 1.21. The van der Waals surface area contributed by atoms with E-state index in [1.165, 1.54) is 36.5 Å². The minimum Gasteiger partial charge on any atom is -0.383 e. The van der Waals surface area contributed by atoms with E-state index in [1.807, 2.05) is 78.2 Å². The Bertz CT molecular complexity index is 2720. The lowest BCUT2D eigenvalue weighted by atomic mass is 10.0. The Kier molecular flexibility index (Phi) is 7.52. The van der Waals surface area contributed by atoms with E-state index in [0.29, 0.717) is 5.84 Å². The summed E-state index contributed by atoms with van der Waals surface area (Å²) >= 11 is 1.85. The maximum Gasteiger partial charge on any atom is 0.167 e. The molecular formula is C45H32N4S. The second-order valence-electron chi connectivity index (χ2n) is 12.4. The highest BCUT2D eigenvalue weighted by Gasteiger charge is 2.19. The lowest BCUT2D eigenvalue weighted by Crippen LogP contribution is -2.15. The van der Waals surface area contributed by atoms with Gasteiger partial charge >= 0.3 is 0 Å². The lowest BCUT2D eigenvalue weighted by Gasteiger charge is -2.14. The summed E-state index contributed by atoms with van der Waals surface area (Å²) in [6.07, 6.45) is 1.32. The smallest absolute Gasteiger partial charge is 0.167 e. The van der Waals surface area contributed by atoms with Crippen molar-refractivity contribution in [3.05, 3.63) is 187 Å². The number of aliphatic imine (C=N–C) groups is 2. The number of nitrogens with zero attached hydrogens (tertiary/aromatic N) is 3. The molecule has 0 radical (unpaired) electrons. The van der Waals surface area contributed by atoms with E-state index >= 15 is 0 Å². The van der Waals surface area contributed by atoms with Gasteiger partial charge in [-0.15, -0.1) is 11.3 Å². The zero-order valence-corrected chi connectivity index (χ0v) is 28.0. The Morgan fingerprint density at radius 1 is 0.600 bits per heavy atom.